The summed E-state index contributed by atoms with van der Waals surface area (Å²) in [6, 6.07) is 10.5. The van der Waals surface area contributed by atoms with Crippen LogP contribution in [0.2, 0.25) is 0 Å². The molecule has 0 bridgehead atoms. The number of aryl methyl sites for hydroxylation is 1. The molecule has 7 heteroatoms. The predicted octanol–water partition coefficient (Wildman–Crippen LogP) is 4.85. The van der Waals surface area contributed by atoms with Crippen LogP contribution in [0.5, 0.6) is 17.2 Å². The van der Waals surface area contributed by atoms with E-state index in [1.807, 2.05) is 30.3 Å². The van der Waals surface area contributed by atoms with E-state index in [4.69, 9.17) is 14.2 Å². The van der Waals surface area contributed by atoms with Gasteiger partial charge in [0.2, 0.25) is 5.75 Å². The molecule has 0 saturated heterocycles. The quantitative estimate of drug-likeness (QED) is 0.336. The van der Waals surface area contributed by atoms with Crippen molar-refractivity contribution in [2.24, 2.45) is 0 Å². The van der Waals surface area contributed by atoms with Gasteiger partial charge in [-0.25, -0.2) is 0 Å². The first-order valence-electron chi connectivity index (χ1n) is 8.67. The zero-order valence-electron chi connectivity index (χ0n) is 15.5. The van der Waals surface area contributed by atoms with Crippen LogP contribution in [0.25, 0.3) is 0 Å². The van der Waals surface area contributed by atoms with E-state index >= 15 is 0 Å². The minimum atomic E-state index is -5.26. The van der Waals surface area contributed by atoms with Crippen LogP contribution in [-0.4, -0.2) is 21.2 Å². The smallest absolute Gasteiger partial charge is 0.496 e. The van der Waals surface area contributed by atoms with Crippen LogP contribution < -0.4 is 19.7 Å². The molecule has 0 fully saturated rings. The lowest BCUT2D eigenvalue weighted by Crippen LogP contribution is -2.36. The summed E-state index contributed by atoms with van der Waals surface area (Å²) in [6.07, 6.45) is 3.50. The molecule has 0 amide bonds. The van der Waals surface area contributed by atoms with Gasteiger partial charge in [0.15, 0.2) is 5.75 Å². The number of methoxy groups -OCH3 is 2. The number of benzene rings is 2. The average Bonchev–Trinajstić information content (AvgIpc) is 2.66. The third-order valence-electron chi connectivity index (χ3n) is 4.14. The van der Waals surface area contributed by atoms with E-state index in [1.165, 1.54) is 14.2 Å². The molecule has 146 valence electrons. The number of unbranched alkanes of at least 4 members (excludes halogenated alkanes) is 1. The maximum absolute atomic E-state index is 13.6. The first kappa shape index (κ1) is 20.7. The molecule has 0 radical (unpaired) electrons. The molecule has 0 aliphatic rings. The van der Waals surface area contributed by atoms with Crippen LogP contribution in [0.3, 0.4) is 0 Å². The summed E-state index contributed by atoms with van der Waals surface area (Å²) in [7, 11) is 2.51. The van der Waals surface area contributed by atoms with E-state index in [9.17, 15) is 12.9 Å². The molecular formula is C20H23BF3O3-. The molecule has 0 aliphatic heterocycles. The van der Waals surface area contributed by atoms with Crippen molar-refractivity contribution in [1.82, 2.24) is 0 Å². The van der Waals surface area contributed by atoms with Crippen molar-refractivity contribution in [1.29, 1.82) is 0 Å². The van der Waals surface area contributed by atoms with Gasteiger partial charge in [0.1, 0.15) is 12.4 Å². The lowest BCUT2D eigenvalue weighted by Gasteiger charge is -2.25. The Morgan fingerprint density at radius 3 is 2.22 bits per heavy atom. The van der Waals surface area contributed by atoms with Crippen LogP contribution in [0, 0.1) is 0 Å². The zero-order valence-corrected chi connectivity index (χ0v) is 15.5. The van der Waals surface area contributed by atoms with Gasteiger partial charge in [-0.3, -0.25) is 0 Å². The largest absolute Gasteiger partial charge is 0.513 e. The highest BCUT2D eigenvalue weighted by Gasteiger charge is 2.33. The predicted molar refractivity (Wildman–Crippen MR) is 102 cm³/mol. The van der Waals surface area contributed by atoms with Gasteiger partial charge < -0.3 is 27.2 Å². The van der Waals surface area contributed by atoms with E-state index in [0.29, 0.717) is 24.8 Å². The van der Waals surface area contributed by atoms with E-state index in [2.05, 4.69) is 6.58 Å². The van der Waals surface area contributed by atoms with E-state index < -0.39 is 12.4 Å². The molecule has 2 rings (SSSR count). The van der Waals surface area contributed by atoms with Gasteiger partial charge in [-0.1, -0.05) is 47.9 Å². The molecule has 0 atom stereocenters. The summed E-state index contributed by atoms with van der Waals surface area (Å²) < 4.78 is 56.9. The molecule has 0 spiro atoms. The molecule has 2 aromatic carbocycles. The van der Waals surface area contributed by atoms with Crippen molar-refractivity contribution in [3.05, 3.63) is 60.2 Å². The normalized spacial score (nSPS) is 11.1. The number of hydrogen-bond donors (Lipinski definition) is 0. The topological polar surface area (TPSA) is 27.7 Å². The number of allylic oxidation sites excluding steroid dienone is 1. The highest BCUT2D eigenvalue weighted by Crippen LogP contribution is 2.41. The first-order valence-corrected chi connectivity index (χ1v) is 8.67. The summed E-state index contributed by atoms with van der Waals surface area (Å²) in [6.45, 7) is -1.39. The monoisotopic (exact) mass is 379 g/mol. The lowest BCUT2D eigenvalue weighted by molar-refractivity contribution is 0.272. The summed E-state index contributed by atoms with van der Waals surface area (Å²) in [5, 5.41) is 0. The van der Waals surface area contributed by atoms with E-state index in [0.717, 1.165) is 11.6 Å². The summed E-state index contributed by atoms with van der Waals surface area (Å²) >= 11 is 0. The van der Waals surface area contributed by atoms with Gasteiger partial charge in [-0.2, -0.15) is 0 Å². The summed E-state index contributed by atoms with van der Waals surface area (Å²) in [5.74, 6) is -0.0923. The fraction of sp³-hybridized carbons (Fsp3) is 0.300. The summed E-state index contributed by atoms with van der Waals surface area (Å²) in [4.78, 5) is 0. The van der Waals surface area contributed by atoms with Crippen molar-refractivity contribution in [3.8, 4) is 17.2 Å². The first-order chi connectivity index (χ1) is 12.9. The van der Waals surface area contributed by atoms with Crippen LogP contribution >= 0.6 is 0 Å². The molecule has 2 aromatic rings. The Hall–Kier alpha value is -2.57. The van der Waals surface area contributed by atoms with Crippen molar-refractivity contribution in [2.45, 2.75) is 25.9 Å². The van der Waals surface area contributed by atoms with E-state index in [1.54, 1.807) is 6.08 Å². The number of rotatable bonds is 10. The lowest BCUT2D eigenvalue weighted by atomic mass is 9.77. The molecule has 27 heavy (non-hydrogen) atoms. The molecular weight excluding hydrogens is 356 g/mol. The van der Waals surface area contributed by atoms with Crippen LogP contribution in [-0.2, 0) is 13.0 Å². The Kier molecular flexibility index (Phi) is 7.22. The number of hydrogen-bond acceptors (Lipinski definition) is 3. The van der Waals surface area contributed by atoms with Gasteiger partial charge in [0.25, 0.3) is 0 Å². The number of halogens is 3. The van der Waals surface area contributed by atoms with Gasteiger partial charge in [0.05, 0.1) is 14.2 Å². The summed E-state index contributed by atoms with van der Waals surface area (Å²) in [5.41, 5.74) is 0.536. The minimum absolute atomic E-state index is 0.0289. The molecule has 0 aliphatic carbocycles. The highest BCUT2D eigenvalue weighted by molar-refractivity contribution is 6.74. The second kappa shape index (κ2) is 9.39. The van der Waals surface area contributed by atoms with Crippen molar-refractivity contribution >= 4 is 12.4 Å². The van der Waals surface area contributed by atoms with Gasteiger partial charge in [-0.15, -0.1) is 6.58 Å². The van der Waals surface area contributed by atoms with Gasteiger partial charge in [0, 0.05) is 0 Å². The molecule has 0 N–H and O–H groups in total. The number of ether oxygens (including phenoxy) is 3. The molecule has 0 heterocycles. The van der Waals surface area contributed by atoms with Crippen molar-refractivity contribution < 1.29 is 27.2 Å². The van der Waals surface area contributed by atoms with Crippen LogP contribution in [0.15, 0.2) is 49.1 Å². The van der Waals surface area contributed by atoms with Gasteiger partial charge in [-0.05, 0) is 30.4 Å². The Morgan fingerprint density at radius 1 is 1.00 bits per heavy atom. The standard InChI is InChI=1S/C20H23BF3O3/c1-4-5-7-12-16-13-17(21(22,23)24)19(25-2)20(26-3)18(16)27-14-15-10-8-6-9-11-15/h4,6,8-11,13H,1,5,7,12,14H2,2-3H3/q-1. The third kappa shape index (κ3) is 5.22. The zero-order chi connectivity index (χ0) is 19.9. The molecule has 0 saturated carbocycles. The fourth-order valence-electron chi connectivity index (χ4n) is 2.85. The third-order valence-corrected chi connectivity index (χ3v) is 4.14. The maximum Gasteiger partial charge on any atom is 0.513 e. The molecule has 0 aromatic heterocycles. The van der Waals surface area contributed by atoms with Gasteiger partial charge >= 0.3 is 6.98 Å². The van der Waals surface area contributed by atoms with Crippen LogP contribution in [0.4, 0.5) is 12.9 Å². The van der Waals surface area contributed by atoms with E-state index in [-0.39, 0.29) is 23.9 Å². The SMILES string of the molecule is C=CCCCc1cc([B-](F)(F)F)c(OC)c(OC)c1OCc1ccccc1. The Morgan fingerprint density at radius 2 is 1.67 bits per heavy atom. The molecule has 3 nitrogen and oxygen atoms in total. The molecule has 0 unspecified atom stereocenters. The minimum Gasteiger partial charge on any atom is -0.496 e. The van der Waals surface area contributed by atoms with Crippen molar-refractivity contribution in [2.75, 3.05) is 14.2 Å². The maximum atomic E-state index is 13.6. The Bertz CT molecular complexity index is 761. The van der Waals surface area contributed by atoms with Crippen LogP contribution in [0.1, 0.15) is 24.0 Å². The Labute approximate surface area is 157 Å². The Balaban J connectivity index is 2.50. The fourth-order valence-corrected chi connectivity index (χ4v) is 2.85. The average molecular weight is 379 g/mol. The second-order valence-corrected chi connectivity index (χ2v) is 6.05. The second-order valence-electron chi connectivity index (χ2n) is 6.05. The highest BCUT2D eigenvalue weighted by atomic mass is 19.4. The van der Waals surface area contributed by atoms with Crippen molar-refractivity contribution in [3.63, 3.8) is 0 Å².